The average Bonchev–Trinajstić information content (AvgIpc) is 2.93. The van der Waals surface area contributed by atoms with Gasteiger partial charge in [0.15, 0.2) is 0 Å². The van der Waals surface area contributed by atoms with Gasteiger partial charge in [-0.3, -0.25) is 13.9 Å². The summed E-state index contributed by atoms with van der Waals surface area (Å²) in [5.74, 6) is -0.913. The Balaban J connectivity index is 2.12. The quantitative estimate of drug-likeness (QED) is 0.237. The van der Waals surface area contributed by atoms with Crippen molar-refractivity contribution < 1.29 is 18.0 Å². The number of aryl methyl sites for hydroxylation is 1. The Bertz CT molecular complexity index is 1500. The SMILES string of the molecule is CCCNC(=O)C(CC)N(Cc1ccc(Cl)cc1Cl)C(=O)CN(c1cccc(Cl)c1C)S(=O)(=O)c1ccc(C)cc1. The molecule has 1 atom stereocenters. The lowest BCUT2D eigenvalue weighted by atomic mass is 10.1. The molecule has 0 radical (unpaired) electrons. The van der Waals surface area contributed by atoms with Crippen LogP contribution in [0.2, 0.25) is 15.1 Å². The molecule has 7 nitrogen and oxygen atoms in total. The van der Waals surface area contributed by atoms with Crippen LogP contribution in [0.3, 0.4) is 0 Å². The third-order valence-corrected chi connectivity index (χ3v) is 9.46. The van der Waals surface area contributed by atoms with Gasteiger partial charge in [-0.2, -0.15) is 0 Å². The number of nitrogens with one attached hydrogen (secondary N) is 1. The Morgan fingerprint density at radius 2 is 1.61 bits per heavy atom. The number of amides is 2. The molecule has 11 heteroatoms. The summed E-state index contributed by atoms with van der Waals surface area (Å²) >= 11 is 18.9. The van der Waals surface area contributed by atoms with Crippen LogP contribution in [0.5, 0.6) is 0 Å². The van der Waals surface area contributed by atoms with Gasteiger partial charge in [-0.1, -0.05) is 78.5 Å². The van der Waals surface area contributed by atoms with Crippen molar-refractivity contribution in [1.82, 2.24) is 10.2 Å². The molecule has 220 valence electrons. The van der Waals surface area contributed by atoms with Crippen LogP contribution in [-0.4, -0.2) is 44.3 Å². The minimum Gasteiger partial charge on any atom is -0.354 e. The van der Waals surface area contributed by atoms with E-state index in [0.29, 0.717) is 39.2 Å². The maximum absolute atomic E-state index is 14.2. The first-order chi connectivity index (χ1) is 19.4. The summed E-state index contributed by atoms with van der Waals surface area (Å²) in [6.45, 7) is 7.11. The van der Waals surface area contributed by atoms with E-state index in [0.717, 1.165) is 16.3 Å². The summed E-state index contributed by atoms with van der Waals surface area (Å²) in [5, 5.41) is 3.97. The van der Waals surface area contributed by atoms with Crippen LogP contribution in [0.4, 0.5) is 5.69 Å². The smallest absolute Gasteiger partial charge is 0.264 e. The Kier molecular flexibility index (Phi) is 11.5. The van der Waals surface area contributed by atoms with Crippen LogP contribution in [0.25, 0.3) is 0 Å². The third kappa shape index (κ3) is 7.95. The molecule has 0 aliphatic heterocycles. The number of carbonyl (C=O) groups is 2. The van der Waals surface area contributed by atoms with Gasteiger partial charge in [0.25, 0.3) is 10.0 Å². The van der Waals surface area contributed by atoms with E-state index < -0.39 is 28.5 Å². The van der Waals surface area contributed by atoms with Crippen molar-refractivity contribution in [2.45, 2.75) is 58.0 Å². The molecule has 1 unspecified atom stereocenters. The van der Waals surface area contributed by atoms with Crippen molar-refractivity contribution >= 4 is 62.3 Å². The first kappa shape index (κ1) is 32.7. The molecule has 0 spiro atoms. The predicted molar refractivity (Wildman–Crippen MR) is 166 cm³/mol. The number of sulfonamides is 1. The molecule has 41 heavy (non-hydrogen) atoms. The van der Waals surface area contributed by atoms with Gasteiger partial charge in [-0.05, 0) is 74.2 Å². The zero-order valence-corrected chi connectivity index (χ0v) is 26.5. The van der Waals surface area contributed by atoms with Gasteiger partial charge in [0.2, 0.25) is 11.8 Å². The highest BCUT2D eigenvalue weighted by Gasteiger charge is 2.34. The molecule has 0 aliphatic rings. The number of anilines is 1. The fraction of sp³-hybridized carbons (Fsp3) is 0.333. The molecule has 0 saturated carbocycles. The van der Waals surface area contributed by atoms with Crippen molar-refractivity contribution in [3.8, 4) is 0 Å². The van der Waals surface area contributed by atoms with Crippen LogP contribution in [-0.2, 0) is 26.2 Å². The molecule has 3 rings (SSSR count). The Labute approximate surface area is 257 Å². The summed E-state index contributed by atoms with van der Waals surface area (Å²) in [5.41, 5.74) is 2.22. The normalized spacial score (nSPS) is 12.1. The van der Waals surface area contributed by atoms with E-state index in [2.05, 4.69) is 5.32 Å². The molecule has 0 fully saturated rings. The van der Waals surface area contributed by atoms with E-state index in [-0.39, 0.29) is 23.0 Å². The number of nitrogens with zero attached hydrogens (tertiary/aromatic N) is 2. The summed E-state index contributed by atoms with van der Waals surface area (Å²) in [6.07, 6.45) is 1.02. The monoisotopic (exact) mass is 637 g/mol. The molecule has 0 saturated heterocycles. The standard InChI is InChI=1S/C30H34Cl3N3O4S/c1-5-16-34-30(38)27(6-2)35(18-22-12-13-23(31)17-26(22)33)29(37)19-36(28-9-7-8-25(32)21(28)4)41(39,40)24-14-10-20(3)11-15-24/h7-15,17,27H,5-6,16,18-19H2,1-4H3,(H,34,38). The molecule has 0 bridgehead atoms. The number of hydrogen-bond acceptors (Lipinski definition) is 4. The second-order valence-corrected chi connectivity index (χ2v) is 12.8. The van der Waals surface area contributed by atoms with Crippen LogP contribution >= 0.6 is 34.8 Å². The predicted octanol–water partition coefficient (Wildman–Crippen LogP) is 6.79. The number of benzene rings is 3. The summed E-state index contributed by atoms with van der Waals surface area (Å²) in [7, 11) is -4.21. The van der Waals surface area contributed by atoms with Gasteiger partial charge >= 0.3 is 0 Å². The molecular weight excluding hydrogens is 605 g/mol. The van der Waals surface area contributed by atoms with Crippen molar-refractivity contribution in [3.63, 3.8) is 0 Å². The fourth-order valence-electron chi connectivity index (χ4n) is 4.34. The molecule has 0 heterocycles. The van der Waals surface area contributed by atoms with Crippen LogP contribution in [0, 0.1) is 13.8 Å². The van der Waals surface area contributed by atoms with Gasteiger partial charge < -0.3 is 10.2 Å². The topological polar surface area (TPSA) is 86.8 Å². The lowest BCUT2D eigenvalue weighted by molar-refractivity contribution is -0.140. The molecule has 2 amide bonds. The molecule has 1 N–H and O–H groups in total. The first-order valence-corrected chi connectivity index (χ1v) is 15.8. The second-order valence-electron chi connectivity index (χ2n) is 9.68. The maximum atomic E-state index is 14.2. The van der Waals surface area contributed by atoms with Crippen molar-refractivity contribution in [1.29, 1.82) is 0 Å². The van der Waals surface area contributed by atoms with Gasteiger partial charge in [-0.15, -0.1) is 0 Å². The molecule has 0 aromatic heterocycles. The first-order valence-electron chi connectivity index (χ1n) is 13.3. The minimum atomic E-state index is -4.21. The Hall–Kier alpha value is -2.78. The lowest BCUT2D eigenvalue weighted by Crippen LogP contribution is -2.52. The van der Waals surface area contributed by atoms with E-state index in [4.69, 9.17) is 34.8 Å². The van der Waals surface area contributed by atoms with Crippen molar-refractivity contribution in [3.05, 3.63) is 92.4 Å². The average molecular weight is 639 g/mol. The largest absolute Gasteiger partial charge is 0.354 e. The van der Waals surface area contributed by atoms with Gasteiger partial charge in [0.05, 0.1) is 10.6 Å². The van der Waals surface area contributed by atoms with Gasteiger partial charge in [0.1, 0.15) is 12.6 Å². The number of rotatable bonds is 12. The van der Waals surface area contributed by atoms with E-state index in [1.54, 1.807) is 62.4 Å². The van der Waals surface area contributed by atoms with E-state index in [9.17, 15) is 18.0 Å². The van der Waals surface area contributed by atoms with Gasteiger partial charge in [-0.25, -0.2) is 8.42 Å². The zero-order valence-electron chi connectivity index (χ0n) is 23.5. The second kappa shape index (κ2) is 14.4. The van der Waals surface area contributed by atoms with Crippen LogP contribution in [0.15, 0.2) is 65.6 Å². The van der Waals surface area contributed by atoms with Gasteiger partial charge in [0, 0.05) is 28.2 Å². The van der Waals surface area contributed by atoms with E-state index >= 15 is 0 Å². The highest BCUT2D eigenvalue weighted by Crippen LogP contribution is 2.32. The lowest BCUT2D eigenvalue weighted by Gasteiger charge is -2.33. The third-order valence-electron chi connectivity index (χ3n) is 6.69. The Morgan fingerprint density at radius 3 is 2.22 bits per heavy atom. The Morgan fingerprint density at radius 1 is 0.927 bits per heavy atom. The fourth-order valence-corrected chi connectivity index (χ4v) is 6.45. The number of hydrogen-bond donors (Lipinski definition) is 1. The van der Waals surface area contributed by atoms with Crippen LogP contribution in [0.1, 0.15) is 43.4 Å². The minimum absolute atomic E-state index is 0.0234. The molecule has 3 aromatic rings. The highest BCUT2D eigenvalue weighted by atomic mass is 35.5. The van der Waals surface area contributed by atoms with Crippen molar-refractivity contribution in [2.75, 3.05) is 17.4 Å². The molecule has 0 aliphatic carbocycles. The highest BCUT2D eigenvalue weighted by molar-refractivity contribution is 7.92. The number of carbonyl (C=O) groups excluding carboxylic acids is 2. The summed E-state index contributed by atoms with van der Waals surface area (Å²) in [6, 6.07) is 15.3. The number of halogens is 3. The van der Waals surface area contributed by atoms with E-state index in [1.165, 1.54) is 17.0 Å². The van der Waals surface area contributed by atoms with E-state index in [1.807, 2.05) is 13.8 Å². The summed E-state index contributed by atoms with van der Waals surface area (Å²) in [4.78, 5) is 28.8. The maximum Gasteiger partial charge on any atom is 0.264 e. The molecular formula is C30H34Cl3N3O4S. The molecule has 3 aromatic carbocycles. The van der Waals surface area contributed by atoms with Crippen LogP contribution < -0.4 is 9.62 Å². The zero-order chi connectivity index (χ0) is 30.3. The summed E-state index contributed by atoms with van der Waals surface area (Å²) < 4.78 is 29.1. The van der Waals surface area contributed by atoms with Crippen molar-refractivity contribution in [2.24, 2.45) is 0 Å².